The number of hydrogen-bond donors (Lipinski definition) is 2. The van der Waals surface area contributed by atoms with Crippen molar-refractivity contribution in [2.45, 2.75) is 26.7 Å². The lowest BCUT2D eigenvalue weighted by Crippen LogP contribution is -2.07. The second-order valence-electron chi connectivity index (χ2n) is 5.02. The summed E-state index contributed by atoms with van der Waals surface area (Å²) in [5, 5.41) is 12.4. The number of aromatic nitrogens is 1. The van der Waals surface area contributed by atoms with E-state index in [9.17, 15) is 9.90 Å². The molecule has 0 aliphatic carbocycles. The summed E-state index contributed by atoms with van der Waals surface area (Å²) in [6.45, 7) is 6.21. The number of anilines is 2. The quantitative estimate of drug-likeness (QED) is 0.882. The monoisotopic (exact) mass is 270 g/mol. The molecule has 0 fully saturated rings. The van der Waals surface area contributed by atoms with E-state index in [1.54, 1.807) is 18.3 Å². The van der Waals surface area contributed by atoms with Crippen LogP contribution in [0.4, 0.5) is 11.5 Å². The van der Waals surface area contributed by atoms with Crippen molar-refractivity contribution >= 4 is 17.5 Å². The maximum Gasteiger partial charge on any atom is 0.339 e. The minimum absolute atomic E-state index is 0.172. The van der Waals surface area contributed by atoms with Gasteiger partial charge in [-0.15, -0.1) is 0 Å². The fraction of sp³-hybridized carbons (Fsp3) is 0.250. The number of pyridine rings is 1. The Morgan fingerprint density at radius 3 is 2.65 bits per heavy atom. The van der Waals surface area contributed by atoms with Crippen LogP contribution in [0.5, 0.6) is 0 Å². The molecule has 0 aliphatic rings. The van der Waals surface area contributed by atoms with Crippen molar-refractivity contribution in [3.63, 3.8) is 0 Å². The van der Waals surface area contributed by atoms with Crippen molar-refractivity contribution in [1.29, 1.82) is 0 Å². The highest BCUT2D eigenvalue weighted by atomic mass is 16.4. The second kappa shape index (κ2) is 5.74. The summed E-state index contributed by atoms with van der Waals surface area (Å²) in [7, 11) is 0. The molecule has 0 atom stereocenters. The molecule has 0 aliphatic heterocycles. The highest BCUT2D eigenvalue weighted by molar-refractivity contribution is 5.94. The van der Waals surface area contributed by atoms with Crippen molar-refractivity contribution in [2.75, 3.05) is 5.32 Å². The lowest BCUT2D eigenvalue weighted by Gasteiger charge is -2.17. The van der Waals surface area contributed by atoms with Gasteiger partial charge in [-0.05, 0) is 36.1 Å². The summed E-state index contributed by atoms with van der Waals surface area (Å²) < 4.78 is 0. The number of rotatable bonds is 4. The van der Waals surface area contributed by atoms with Crippen molar-refractivity contribution < 1.29 is 9.90 Å². The van der Waals surface area contributed by atoms with Crippen molar-refractivity contribution in [1.82, 2.24) is 4.98 Å². The molecule has 2 rings (SSSR count). The first-order valence-corrected chi connectivity index (χ1v) is 6.55. The second-order valence-corrected chi connectivity index (χ2v) is 5.02. The molecule has 0 saturated heterocycles. The van der Waals surface area contributed by atoms with Gasteiger partial charge in [-0.25, -0.2) is 9.78 Å². The minimum Gasteiger partial charge on any atom is -0.478 e. The molecule has 1 heterocycles. The Bertz CT molecular complexity index is 636. The van der Waals surface area contributed by atoms with Gasteiger partial charge in [0.1, 0.15) is 11.4 Å². The van der Waals surface area contributed by atoms with Crippen LogP contribution in [0.1, 0.15) is 41.3 Å². The molecule has 1 aromatic heterocycles. The topological polar surface area (TPSA) is 62.2 Å². The molecule has 0 radical (unpaired) electrons. The van der Waals surface area contributed by atoms with Gasteiger partial charge >= 0.3 is 5.97 Å². The van der Waals surface area contributed by atoms with Gasteiger partial charge in [0.15, 0.2) is 0 Å². The van der Waals surface area contributed by atoms with Crippen LogP contribution >= 0.6 is 0 Å². The Balaban J connectivity index is 2.48. The first kappa shape index (κ1) is 14.1. The lowest BCUT2D eigenvalue weighted by molar-refractivity contribution is 0.0697. The van der Waals surface area contributed by atoms with Crippen LogP contribution in [0.25, 0.3) is 0 Å². The summed E-state index contributed by atoms with van der Waals surface area (Å²) in [4.78, 5) is 15.4. The molecule has 0 saturated carbocycles. The number of carbonyl (C=O) groups is 1. The van der Waals surface area contributed by atoms with Crippen molar-refractivity contribution in [3.8, 4) is 0 Å². The Morgan fingerprint density at radius 2 is 2.00 bits per heavy atom. The highest BCUT2D eigenvalue weighted by Crippen LogP contribution is 2.30. The van der Waals surface area contributed by atoms with Gasteiger partial charge in [0.2, 0.25) is 0 Å². The van der Waals surface area contributed by atoms with E-state index in [1.165, 1.54) is 0 Å². The number of hydrogen-bond acceptors (Lipinski definition) is 3. The number of aryl methyl sites for hydroxylation is 1. The molecular formula is C16H18N2O2. The lowest BCUT2D eigenvalue weighted by atomic mass is 9.98. The van der Waals surface area contributed by atoms with E-state index in [0.29, 0.717) is 11.7 Å². The fourth-order valence-electron chi connectivity index (χ4n) is 2.14. The Morgan fingerprint density at radius 1 is 1.25 bits per heavy atom. The third-order valence-electron chi connectivity index (χ3n) is 3.21. The zero-order chi connectivity index (χ0) is 14.7. The van der Waals surface area contributed by atoms with Gasteiger partial charge in [-0.3, -0.25) is 0 Å². The van der Waals surface area contributed by atoms with Gasteiger partial charge in [0.05, 0.1) is 0 Å². The van der Waals surface area contributed by atoms with Crippen LogP contribution in [0.2, 0.25) is 0 Å². The molecule has 1 aromatic carbocycles. The minimum atomic E-state index is -0.986. The van der Waals surface area contributed by atoms with Gasteiger partial charge in [0, 0.05) is 11.9 Å². The number of nitrogens with zero attached hydrogens (tertiary/aromatic N) is 1. The zero-order valence-corrected chi connectivity index (χ0v) is 11.8. The van der Waals surface area contributed by atoms with Gasteiger partial charge in [-0.2, -0.15) is 0 Å². The Labute approximate surface area is 118 Å². The first-order chi connectivity index (χ1) is 9.50. The van der Waals surface area contributed by atoms with E-state index in [2.05, 4.69) is 24.1 Å². The zero-order valence-electron chi connectivity index (χ0n) is 11.8. The van der Waals surface area contributed by atoms with E-state index in [4.69, 9.17) is 0 Å². The summed E-state index contributed by atoms with van der Waals surface area (Å²) >= 11 is 0. The first-order valence-electron chi connectivity index (χ1n) is 6.55. The molecule has 0 unspecified atom stereocenters. The average molecular weight is 270 g/mol. The number of carboxylic acid groups (broad SMARTS) is 1. The van der Waals surface area contributed by atoms with Crippen LogP contribution < -0.4 is 5.32 Å². The van der Waals surface area contributed by atoms with Crippen LogP contribution in [0.15, 0.2) is 36.5 Å². The third kappa shape index (κ3) is 2.79. The smallest absolute Gasteiger partial charge is 0.339 e. The molecule has 4 nitrogen and oxygen atoms in total. The maximum atomic E-state index is 11.2. The van der Waals surface area contributed by atoms with E-state index in [1.807, 2.05) is 25.1 Å². The van der Waals surface area contributed by atoms with Crippen molar-refractivity contribution in [2.24, 2.45) is 0 Å². The van der Waals surface area contributed by atoms with Crippen LogP contribution in [-0.4, -0.2) is 16.1 Å². The number of carboxylic acids is 1. The standard InChI is InChI=1S/C16H18N2O2/c1-10(2)12-7-4-6-11(3)14(12)18-15-13(16(19)20)8-5-9-17-15/h4-10H,1-3H3,(H,17,18)(H,19,20). The average Bonchev–Trinajstić information content (AvgIpc) is 2.41. The largest absolute Gasteiger partial charge is 0.478 e. The molecule has 2 N–H and O–H groups in total. The number of benzene rings is 1. The highest BCUT2D eigenvalue weighted by Gasteiger charge is 2.14. The van der Waals surface area contributed by atoms with E-state index >= 15 is 0 Å². The van der Waals surface area contributed by atoms with Crippen LogP contribution in [-0.2, 0) is 0 Å². The molecule has 0 spiro atoms. The van der Waals surface area contributed by atoms with E-state index < -0.39 is 5.97 Å². The molecule has 20 heavy (non-hydrogen) atoms. The van der Waals surface area contributed by atoms with E-state index in [-0.39, 0.29) is 5.56 Å². The molecule has 2 aromatic rings. The normalized spacial score (nSPS) is 10.6. The molecule has 0 amide bonds. The van der Waals surface area contributed by atoms with Gasteiger partial charge in [0.25, 0.3) is 0 Å². The van der Waals surface area contributed by atoms with Crippen molar-refractivity contribution in [3.05, 3.63) is 53.2 Å². The molecule has 4 heteroatoms. The molecule has 104 valence electrons. The predicted octanol–water partition coefficient (Wildman–Crippen LogP) is 3.96. The fourth-order valence-corrected chi connectivity index (χ4v) is 2.14. The number of para-hydroxylation sites is 1. The summed E-state index contributed by atoms with van der Waals surface area (Å²) in [6.07, 6.45) is 1.59. The predicted molar refractivity (Wildman–Crippen MR) is 79.7 cm³/mol. The summed E-state index contributed by atoms with van der Waals surface area (Å²) in [5.74, 6) is -0.272. The number of nitrogens with one attached hydrogen (secondary N) is 1. The Hall–Kier alpha value is -2.36. The third-order valence-corrected chi connectivity index (χ3v) is 3.21. The summed E-state index contributed by atoms with van der Waals surface area (Å²) in [5.41, 5.74) is 3.32. The SMILES string of the molecule is Cc1cccc(C(C)C)c1Nc1ncccc1C(=O)O. The summed E-state index contributed by atoms with van der Waals surface area (Å²) in [6, 6.07) is 9.22. The van der Waals surface area contributed by atoms with Crippen LogP contribution in [0, 0.1) is 6.92 Å². The van der Waals surface area contributed by atoms with E-state index in [0.717, 1.165) is 16.8 Å². The number of aromatic carboxylic acids is 1. The maximum absolute atomic E-state index is 11.2. The Kier molecular flexibility index (Phi) is 4.03. The molecule has 0 bridgehead atoms. The van der Waals surface area contributed by atoms with Crippen LogP contribution in [0.3, 0.4) is 0 Å². The molecular weight excluding hydrogens is 252 g/mol. The van der Waals surface area contributed by atoms with Gasteiger partial charge in [-0.1, -0.05) is 32.0 Å². The van der Waals surface area contributed by atoms with Gasteiger partial charge < -0.3 is 10.4 Å².